The molecule has 4 nitrogen and oxygen atoms in total. The van der Waals surface area contributed by atoms with E-state index in [1.807, 2.05) is 6.08 Å². The fraction of sp³-hybridized carbons (Fsp3) is 0.107. The third-order valence-electron chi connectivity index (χ3n) is 16.3. The molecular weight excluding hydrogens is 957 g/mol. The van der Waals surface area contributed by atoms with Gasteiger partial charge in [0.1, 0.15) is 0 Å². The molecule has 0 atom stereocenters. The Morgan fingerprint density at radius 1 is 0.392 bits per heavy atom. The van der Waals surface area contributed by atoms with Crippen LogP contribution in [0.3, 0.4) is 0 Å². The Morgan fingerprint density at radius 3 is 1.41 bits per heavy atom. The second-order valence-electron chi connectivity index (χ2n) is 20.9. The monoisotopic (exact) mass is 1020 g/mol. The molecule has 3 aliphatic carbocycles. The SMILES string of the molecule is C/C=C\CC/C=C\C.C1=CC=Cc2c(n(-c3cccc(-n4c5ccccc5c5cc(-c6ccc7c(c6)c6c(n7-c7ccccc7)CCC=C6)ccc54)c3)c3ccc(-c4ccc5c(c4)c4c(n5-c5ccccc5)CCC=C4)cc23)C=1. The predicted molar refractivity (Wildman–Crippen MR) is 337 cm³/mol. The van der Waals surface area contributed by atoms with E-state index in [9.17, 15) is 0 Å². The molecule has 79 heavy (non-hydrogen) atoms. The van der Waals surface area contributed by atoms with Gasteiger partial charge in [-0.15, -0.1) is 5.73 Å². The van der Waals surface area contributed by atoms with Gasteiger partial charge in [0.05, 0.1) is 33.3 Å². The van der Waals surface area contributed by atoms with Crippen molar-refractivity contribution in [3.63, 3.8) is 0 Å². The molecule has 0 bridgehead atoms. The number of hydrogen-bond donors (Lipinski definition) is 0. The van der Waals surface area contributed by atoms with Crippen molar-refractivity contribution in [3.05, 3.63) is 270 Å². The Kier molecular flexibility index (Phi) is 12.4. The number of benzene rings is 8. The smallest absolute Gasteiger partial charge is 0.0618 e. The maximum Gasteiger partial charge on any atom is 0.0618 e. The molecule has 0 aliphatic heterocycles. The van der Waals surface area contributed by atoms with Crippen LogP contribution in [0.25, 0.3) is 124 Å². The van der Waals surface area contributed by atoms with Crippen molar-refractivity contribution in [2.75, 3.05) is 0 Å². The van der Waals surface area contributed by atoms with Crippen LogP contribution in [-0.4, -0.2) is 18.3 Å². The fourth-order valence-corrected chi connectivity index (χ4v) is 12.7. The van der Waals surface area contributed by atoms with Gasteiger partial charge in [-0.1, -0.05) is 146 Å². The summed E-state index contributed by atoms with van der Waals surface area (Å²) in [7, 11) is 0. The lowest BCUT2D eigenvalue weighted by molar-refractivity contribution is 0.888. The predicted octanol–water partition coefficient (Wildman–Crippen LogP) is 20.0. The second-order valence-corrected chi connectivity index (χ2v) is 20.9. The molecular formula is C75H60N4. The van der Waals surface area contributed by atoms with Crippen LogP contribution in [0.1, 0.15) is 73.3 Å². The van der Waals surface area contributed by atoms with E-state index in [1.165, 1.54) is 124 Å². The molecule has 0 saturated carbocycles. The molecule has 12 aromatic rings. The van der Waals surface area contributed by atoms with E-state index in [1.54, 1.807) is 0 Å². The summed E-state index contributed by atoms with van der Waals surface area (Å²) in [6.45, 7) is 4.10. The van der Waals surface area contributed by atoms with Gasteiger partial charge in [-0.2, -0.15) is 0 Å². The first-order valence-electron chi connectivity index (χ1n) is 28.1. The van der Waals surface area contributed by atoms with Crippen molar-refractivity contribution in [3.8, 4) is 45.0 Å². The molecule has 4 heterocycles. The van der Waals surface area contributed by atoms with Crippen molar-refractivity contribution >= 4 is 78.8 Å². The third kappa shape index (κ3) is 8.32. The zero-order valence-electron chi connectivity index (χ0n) is 44.8. The molecule has 0 fully saturated rings. The van der Waals surface area contributed by atoms with E-state index >= 15 is 0 Å². The van der Waals surface area contributed by atoms with Gasteiger partial charge in [0.25, 0.3) is 0 Å². The second kappa shape index (κ2) is 20.4. The molecule has 15 rings (SSSR count). The quantitative estimate of drug-likeness (QED) is 0.0780. The van der Waals surface area contributed by atoms with Gasteiger partial charge in [-0.25, -0.2) is 0 Å². The van der Waals surface area contributed by atoms with E-state index in [4.69, 9.17) is 0 Å². The highest BCUT2D eigenvalue weighted by Crippen LogP contribution is 2.42. The summed E-state index contributed by atoms with van der Waals surface area (Å²) in [4.78, 5) is 0. The number of hydrogen-bond acceptors (Lipinski definition) is 0. The largest absolute Gasteiger partial charge is 0.313 e. The van der Waals surface area contributed by atoms with E-state index in [-0.39, 0.29) is 0 Å². The van der Waals surface area contributed by atoms with Crippen molar-refractivity contribution in [1.82, 2.24) is 18.3 Å². The van der Waals surface area contributed by atoms with E-state index in [0.717, 1.165) is 48.3 Å². The average molecular weight is 1020 g/mol. The number of unbranched alkanes of at least 4 members (excludes halogenated alkanes) is 1. The standard InChI is InChI=1S/C67H46N4.C8H14/c1-4-17-48(18-5-1)68-60-28-13-10-24-53(60)56-39-44(31-35-64(56)68)46-33-37-66-58(41-46)52-23-8-3-9-27-62(52)70(66)50-21-16-22-51(43-50)71-63-30-15-12-26-55(63)59-42-47(34-38-67(59)71)45-32-36-65-57(40-45)54-25-11-14-29-61(54)69(65)49-19-6-2-7-20-49;1-3-5-7-8-6-4-2/h1-8,10-12,15-27,30-43H,13-14,28-29H2;3-6H,7-8H2,1-2H3/b;5-3-,6-4-. The van der Waals surface area contributed by atoms with Crippen LogP contribution in [-0.2, 0) is 12.8 Å². The number of rotatable bonds is 9. The minimum Gasteiger partial charge on any atom is -0.313 e. The van der Waals surface area contributed by atoms with Crippen LogP contribution in [0.4, 0.5) is 0 Å². The van der Waals surface area contributed by atoms with Crippen LogP contribution in [0.15, 0.2) is 236 Å². The summed E-state index contributed by atoms with van der Waals surface area (Å²) in [5.41, 5.74) is 26.8. The van der Waals surface area contributed by atoms with Crippen molar-refractivity contribution in [2.45, 2.75) is 52.4 Å². The lowest BCUT2D eigenvalue weighted by Crippen LogP contribution is -2.02. The Balaban J connectivity index is 0.000000658. The van der Waals surface area contributed by atoms with Crippen LogP contribution in [0, 0.1) is 0 Å². The topological polar surface area (TPSA) is 19.7 Å². The zero-order valence-corrected chi connectivity index (χ0v) is 44.8. The molecule has 4 aromatic heterocycles. The first-order chi connectivity index (χ1) is 39.1. The van der Waals surface area contributed by atoms with Crippen LogP contribution >= 0.6 is 0 Å². The average Bonchev–Trinajstić information content (AvgIpc) is 4.33. The number of nitrogens with zero attached hydrogens (tertiary/aromatic N) is 4. The van der Waals surface area contributed by atoms with Gasteiger partial charge in [-0.3, -0.25) is 0 Å². The Hall–Kier alpha value is -9.60. The Morgan fingerprint density at radius 2 is 0.848 bits per heavy atom. The number of aromatic nitrogens is 4. The summed E-state index contributed by atoms with van der Waals surface area (Å²) < 4.78 is 9.79. The maximum absolute atomic E-state index is 3.45. The lowest BCUT2D eigenvalue weighted by atomic mass is 9.98. The van der Waals surface area contributed by atoms with Crippen molar-refractivity contribution in [2.24, 2.45) is 0 Å². The molecule has 4 heteroatoms. The molecule has 0 radical (unpaired) electrons. The van der Waals surface area contributed by atoms with Gasteiger partial charge in [0.15, 0.2) is 0 Å². The highest BCUT2D eigenvalue weighted by molar-refractivity contribution is 6.11. The van der Waals surface area contributed by atoms with Crippen LogP contribution in [0.5, 0.6) is 0 Å². The van der Waals surface area contributed by atoms with Crippen LogP contribution < -0.4 is 0 Å². The fourth-order valence-electron chi connectivity index (χ4n) is 12.7. The highest BCUT2D eigenvalue weighted by atomic mass is 15.0. The zero-order chi connectivity index (χ0) is 52.8. The van der Waals surface area contributed by atoms with Gasteiger partial charge in [-0.05, 0) is 178 Å². The highest BCUT2D eigenvalue weighted by Gasteiger charge is 2.23. The van der Waals surface area contributed by atoms with E-state index in [2.05, 4.69) is 287 Å². The molecule has 0 spiro atoms. The molecule has 380 valence electrons. The first kappa shape index (κ1) is 47.8. The van der Waals surface area contributed by atoms with Gasteiger partial charge in [0, 0.05) is 83.8 Å². The normalized spacial score (nSPS) is 13.5. The van der Waals surface area contributed by atoms with Crippen molar-refractivity contribution < 1.29 is 0 Å². The molecule has 0 N–H and O–H groups in total. The first-order valence-corrected chi connectivity index (χ1v) is 28.1. The van der Waals surface area contributed by atoms with E-state index < -0.39 is 0 Å². The molecule has 0 saturated heterocycles. The summed E-state index contributed by atoms with van der Waals surface area (Å²) >= 11 is 0. The maximum atomic E-state index is 3.45. The molecule has 8 aromatic carbocycles. The minimum absolute atomic E-state index is 1.03. The third-order valence-corrected chi connectivity index (χ3v) is 16.3. The Bertz CT molecular complexity index is 4570. The van der Waals surface area contributed by atoms with E-state index in [0.29, 0.717) is 0 Å². The van der Waals surface area contributed by atoms with Gasteiger partial charge in [0.2, 0.25) is 0 Å². The summed E-state index contributed by atoms with van der Waals surface area (Å²) in [5, 5.41) is 6.29. The van der Waals surface area contributed by atoms with Gasteiger partial charge < -0.3 is 18.3 Å². The minimum atomic E-state index is 1.03. The number of para-hydroxylation sites is 3. The summed E-state index contributed by atoms with van der Waals surface area (Å²) in [5.74, 6) is 0. The van der Waals surface area contributed by atoms with Crippen molar-refractivity contribution in [1.29, 1.82) is 0 Å². The number of allylic oxidation sites excluding steroid dienone is 8. The van der Waals surface area contributed by atoms with Gasteiger partial charge >= 0.3 is 0 Å². The summed E-state index contributed by atoms with van der Waals surface area (Å²) in [6.07, 6.45) is 32.9. The molecule has 0 unspecified atom stereocenters. The molecule has 3 aliphatic rings. The summed E-state index contributed by atoms with van der Waals surface area (Å²) in [6, 6.07) is 67.6. The van der Waals surface area contributed by atoms with Crippen LogP contribution in [0.2, 0.25) is 0 Å². The Labute approximate surface area is 462 Å². The number of fused-ring (bicyclic) bond motifs is 12. The molecule has 0 amide bonds. The lowest BCUT2D eigenvalue weighted by Gasteiger charge is -2.14.